The summed E-state index contributed by atoms with van der Waals surface area (Å²) in [5.41, 5.74) is 2.39. The number of fused-ring (bicyclic) bond motifs is 1. The van der Waals surface area contributed by atoms with Crippen LogP contribution >= 0.6 is 11.6 Å². The summed E-state index contributed by atoms with van der Waals surface area (Å²) in [5, 5.41) is 0. The van der Waals surface area contributed by atoms with Gasteiger partial charge in [-0.3, -0.25) is 0 Å². The summed E-state index contributed by atoms with van der Waals surface area (Å²) in [7, 11) is 0. The topological polar surface area (TPSA) is 17.8 Å². The van der Waals surface area contributed by atoms with Crippen molar-refractivity contribution in [3.63, 3.8) is 0 Å². The molecule has 0 saturated carbocycles. The van der Waals surface area contributed by atoms with Crippen LogP contribution in [0.5, 0.6) is 0 Å². The Kier molecular flexibility index (Phi) is 5.26. The Bertz CT molecular complexity index is 518. The molecule has 1 atom stereocenters. The standard InChI is InChI=1S/C16H23ClN2/c1-3-6-16-18-14-7-4-5-8-15(14)19(16)12-10-13(2)9-11-17/h4-5,7-8,13H,3,6,9-12H2,1-2H3. The van der Waals surface area contributed by atoms with Crippen molar-refractivity contribution in [2.24, 2.45) is 5.92 Å². The fourth-order valence-electron chi connectivity index (χ4n) is 2.47. The van der Waals surface area contributed by atoms with Gasteiger partial charge in [0.1, 0.15) is 5.82 Å². The summed E-state index contributed by atoms with van der Waals surface area (Å²) in [5.74, 6) is 2.66. The summed E-state index contributed by atoms with van der Waals surface area (Å²) < 4.78 is 2.39. The van der Waals surface area contributed by atoms with Crippen LogP contribution in [-0.4, -0.2) is 15.4 Å². The van der Waals surface area contributed by atoms with Crippen molar-refractivity contribution in [3.8, 4) is 0 Å². The van der Waals surface area contributed by atoms with Crippen molar-refractivity contribution in [1.82, 2.24) is 9.55 Å². The Morgan fingerprint density at radius 3 is 2.79 bits per heavy atom. The number of hydrogen-bond acceptors (Lipinski definition) is 1. The van der Waals surface area contributed by atoms with Crippen LogP contribution in [0.1, 0.15) is 38.9 Å². The third-order valence-electron chi connectivity index (χ3n) is 3.65. The summed E-state index contributed by atoms with van der Waals surface area (Å²) in [4.78, 5) is 4.76. The van der Waals surface area contributed by atoms with Crippen LogP contribution in [0.25, 0.3) is 11.0 Å². The number of hydrogen-bond donors (Lipinski definition) is 0. The molecule has 3 heteroatoms. The number of imidazole rings is 1. The molecule has 0 radical (unpaired) electrons. The van der Waals surface area contributed by atoms with Gasteiger partial charge < -0.3 is 4.57 Å². The predicted molar refractivity (Wildman–Crippen MR) is 82.8 cm³/mol. The number of alkyl halides is 1. The zero-order valence-electron chi connectivity index (χ0n) is 11.9. The minimum absolute atomic E-state index is 0.674. The first kappa shape index (κ1) is 14.4. The normalized spacial score (nSPS) is 13.0. The second kappa shape index (κ2) is 6.95. The van der Waals surface area contributed by atoms with Gasteiger partial charge in [0.2, 0.25) is 0 Å². The molecular formula is C16H23ClN2. The van der Waals surface area contributed by atoms with Gasteiger partial charge in [-0.15, -0.1) is 11.6 Å². The van der Waals surface area contributed by atoms with Gasteiger partial charge in [-0.05, 0) is 37.3 Å². The Morgan fingerprint density at radius 1 is 1.26 bits per heavy atom. The van der Waals surface area contributed by atoms with E-state index in [1.165, 1.54) is 17.8 Å². The van der Waals surface area contributed by atoms with Gasteiger partial charge >= 0.3 is 0 Å². The lowest BCUT2D eigenvalue weighted by molar-refractivity contribution is 0.468. The summed E-state index contributed by atoms with van der Waals surface area (Å²) in [6.07, 6.45) is 4.46. The number of aryl methyl sites for hydroxylation is 2. The van der Waals surface area contributed by atoms with E-state index in [1.54, 1.807) is 0 Å². The van der Waals surface area contributed by atoms with Crippen LogP contribution < -0.4 is 0 Å². The second-order valence-corrected chi connectivity index (χ2v) is 5.67. The molecule has 2 nitrogen and oxygen atoms in total. The Hall–Kier alpha value is -1.02. The van der Waals surface area contributed by atoms with Gasteiger partial charge in [0.25, 0.3) is 0 Å². The monoisotopic (exact) mass is 278 g/mol. The molecule has 0 spiro atoms. The summed E-state index contributed by atoms with van der Waals surface area (Å²) in [6.45, 7) is 5.54. The summed E-state index contributed by atoms with van der Waals surface area (Å²) in [6, 6.07) is 8.44. The fourth-order valence-corrected chi connectivity index (χ4v) is 2.84. The molecule has 0 bridgehead atoms. The van der Waals surface area contributed by atoms with E-state index in [1.807, 2.05) is 0 Å². The van der Waals surface area contributed by atoms with E-state index < -0.39 is 0 Å². The molecular weight excluding hydrogens is 256 g/mol. The van der Waals surface area contributed by atoms with Crippen LogP contribution in [-0.2, 0) is 13.0 Å². The number of aromatic nitrogens is 2. The molecule has 0 aliphatic heterocycles. The van der Waals surface area contributed by atoms with Gasteiger partial charge in [-0.2, -0.15) is 0 Å². The molecule has 2 aromatic rings. The zero-order chi connectivity index (χ0) is 13.7. The van der Waals surface area contributed by atoms with E-state index in [-0.39, 0.29) is 0 Å². The van der Waals surface area contributed by atoms with Gasteiger partial charge in [0, 0.05) is 18.8 Å². The highest BCUT2D eigenvalue weighted by atomic mass is 35.5. The number of nitrogens with zero attached hydrogens (tertiary/aromatic N) is 2. The quantitative estimate of drug-likeness (QED) is 0.675. The van der Waals surface area contributed by atoms with E-state index in [0.29, 0.717) is 5.92 Å². The molecule has 0 aliphatic carbocycles. The number of para-hydroxylation sites is 2. The smallest absolute Gasteiger partial charge is 0.109 e. The van der Waals surface area contributed by atoms with Gasteiger partial charge in [-0.25, -0.2) is 4.98 Å². The molecule has 104 valence electrons. The van der Waals surface area contributed by atoms with Crippen molar-refractivity contribution in [2.75, 3.05) is 5.88 Å². The SMILES string of the molecule is CCCc1nc2ccccc2n1CCC(C)CCCl. The zero-order valence-corrected chi connectivity index (χ0v) is 12.7. The van der Waals surface area contributed by atoms with E-state index in [4.69, 9.17) is 16.6 Å². The minimum Gasteiger partial charge on any atom is -0.328 e. The van der Waals surface area contributed by atoms with Crippen LogP contribution in [0.3, 0.4) is 0 Å². The number of halogens is 1. The first-order valence-electron chi connectivity index (χ1n) is 7.26. The van der Waals surface area contributed by atoms with E-state index in [2.05, 4.69) is 42.7 Å². The Morgan fingerprint density at radius 2 is 2.05 bits per heavy atom. The first-order valence-corrected chi connectivity index (χ1v) is 7.79. The van der Waals surface area contributed by atoms with Crippen molar-refractivity contribution in [2.45, 2.75) is 46.1 Å². The maximum absolute atomic E-state index is 5.81. The lowest BCUT2D eigenvalue weighted by Gasteiger charge is -2.13. The lowest BCUT2D eigenvalue weighted by Crippen LogP contribution is -2.08. The number of benzene rings is 1. The molecule has 1 aromatic carbocycles. The number of rotatable bonds is 7. The van der Waals surface area contributed by atoms with Crippen molar-refractivity contribution in [3.05, 3.63) is 30.1 Å². The van der Waals surface area contributed by atoms with E-state index >= 15 is 0 Å². The molecule has 1 unspecified atom stereocenters. The van der Waals surface area contributed by atoms with E-state index in [0.717, 1.165) is 37.2 Å². The highest BCUT2D eigenvalue weighted by molar-refractivity contribution is 6.17. The Balaban J connectivity index is 2.21. The highest BCUT2D eigenvalue weighted by Gasteiger charge is 2.10. The maximum atomic E-state index is 5.81. The average molecular weight is 279 g/mol. The Labute approximate surface area is 120 Å². The molecule has 0 saturated heterocycles. The van der Waals surface area contributed by atoms with Crippen molar-refractivity contribution in [1.29, 1.82) is 0 Å². The maximum Gasteiger partial charge on any atom is 0.109 e. The van der Waals surface area contributed by atoms with Gasteiger partial charge in [0.05, 0.1) is 11.0 Å². The molecule has 1 aromatic heterocycles. The van der Waals surface area contributed by atoms with Crippen LogP contribution in [0.15, 0.2) is 24.3 Å². The fraction of sp³-hybridized carbons (Fsp3) is 0.562. The van der Waals surface area contributed by atoms with Crippen molar-refractivity contribution < 1.29 is 0 Å². The van der Waals surface area contributed by atoms with Crippen LogP contribution in [0.4, 0.5) is 0 Å². The average Bonchev–Trinajstić information content (AvgIpc) is 2.75. The van der Waals surface area contributed by atoms with E-state index in [9.17, 15) is 0 Å². The molecule has 2 rings (SSSR count). The van der Waals surface area contributed by atoms with Gasteiger partial charge in [-0.1, -0.05) is 26.0 Å². The second-order valence-electron chi connectivity index (χ2n) is 5.29. The molecule has 0 aliphatic rings. The molecule has 19 heavy (non-hydrogen) atoms. The van der Waals surface area contributed by atoms with Crippen molar-refractivity contribution >= 4 is 22.6 Å². The first-order chi connectivity index (χ1) is 9.26. The largest absolute Gasteiger partial charge is 0.328 e. The molecule has 0 amide bonds. The third kappa shape index (κ3) is 3.50. The summed E-state index contributed by atoms with van der Waals surface area (Å²) >= 11 is 5.81. The van der Waals surface area contributed by atoms with Gasteiger partial charge in [0.15, 0.2) is 0 Å². The third-order valence-corrected chi connectivity index (χ3v) is 3.87. The highest BCUT2D eigenvalue weighted by Crippen LogP contribution is 2.19. The molecule has 0 N–H and O–H groups in total. The lowest BCUT2D eigenvalue weighted by atomic mass is 10.1. The van der Waals surface area contributed by atoms with Crippen LogP contribution in [0.2, 0.25) is 0 Å². The van der Waals surface area contributed by atoms with Crippen LogP contribution in [0, 0.1) is 5.92 Å². The molecule has 1 heterocycles. The molecule has 0 fully saturated rings. The minimum atomic E-state index is 0.674. The predicted octanol–water partition coefficient (Wildman–Crippen LogP) is 4.64.